The van der Waals surface area contributed by atoms with Crippen LogP contribution >= 0.6 is 0 Å². The molecule has 2 aromatic carbocycles. The highest BCUT2D eigenvalue weighted by molar-refractivity contribution is 6.25. The number of allylic oxidation sites excluding steroid dienone is 1. The van der Waals surface area contributed by atoms with Crippen LogP contribution in [-0.2, 0) is 44.5 Å². The number of esters is 1. The van der Waals surface area contributed by atoms with Crippen LogP contribution in [0.5, 0.6) is 0 Å². The molecule has 1 aliphatic heterocycles. The van der Waals surface area contributed by atoms with E-state index in [4.69, 9.17) is 24.1 Å². The number of amides is 2. The Bertz CT molecular complexity index is 1480. The van der Waals surface area contributed by atoms with Crippen LogP contribution in [0.25, 0.3) is 5.57 Å². The fourth-order valence-corrected chi connectivity index (χ4v) is 6.19. The Morgan fingerprint density at radius 3 is 2.27 bits per heavy atom. The lowest BCUT2D eigenvalue weighted by Gasteiger charge is -2.34. The molecule has 266 valence electrons. The summed E-state index contributed by atoms with van der Waals surface area (Å²) in [6.07, 6.45) is -0.953. The van der Waals surface area contributed by atoms with E-state index in [0.717, 1.165) is 23.5 Å². The summed E-state index contributed by atoms with van der Waals surface area (Å²) in [6, 6.07) is 15.4. The fourth-order valence-electron chi connectivity index (χ4n) is 6.19. The van der Waals surface area contributed by atoms with E-state index in [-0.39, 0.29) is 49.9 Å². The second kappa shape index (κ2) is 18.5. The van der Waals surface area contributed by atoms with Gasteiger partial charge in [-0.1, -0.05) is 74.0 Å². The molecular formula is C38H49NO10. The first-order valence-electron chi connectivity index (χ1n) is 16.7. The van der Waals surface area contributed by atoms with Crippen LogP contribution in [0.15, 0.2) is 60.7 Å². The number of carbonyl (C=O) groups is 5. The molecule has 0 aromatic heterocycles. The fraction of sp³-hybridized carbons (Fsp3) is 0.500. The molecule has 1 fully saturated rings. The standard InChI is InChI=1S/C38H49NO10/c1-25(2)35-38(5,6)49-37(45)39(35)36(44)31(23-28-13-8-7-9-14-28)34(48-27(4)41)33(43)24-30(29-15-10-12-26(3)22-29)32(42)16-11-18-46-20-21-47-19-17-40/h7-10,12-15,22,24-25,31,34-35,40H,11,16-21,23H2,1-6H3/t31-,34-,35-/m0/s1. The number of ether oxygens (including phenoxy) is 4. The number of rotatable bonds is 19. The maximum atomic E-state index is 14.5. The number of aliphatic hydroxyl groups excluding tert-OH is 1. The Hall–Kier alpha value is -4.19. The third-order valence-corrected chi connectivity index (χ3v) is 8.18. The second-order valence-electron chi connectivity index (χ2n) is 13.0. The van der Waals surface area contributed by atoms with Crippen molar-refractivity contribution in [2.24, 2.45) is 11.8 Å². The van der Waals surface area contributed by atoms with Crippen molar-refractivity contribution in [1.29, 1.82) is 0 Å². The van der Waals surface area contributed by atoms with E-state index in [9.17, 15) is 24.0 Å². The first-order chi connectivity index (χ1) is 23.3. The zero-order valence-electron chi connectivity index (χ0n) is 29.3. The predicted octanol–water partition coefficient (Wildman–Crippen LogP) is 4.89. The highest BCUT2D eigenvalue weighted by atomic mass is 16.6. The SMILES string of the molecule is CC(=O)O[C@H](C(=O)C=C(C(=O)CCCOCCOCCO)c1cccc(C)c1)[C@H](Cc1ccccc1)C(=O)N1C(=O)OC(C)(C)[C@@H]1C(C)C. The van der Waals surface area contributed by atoms with Gasteiger partial charge in [-0.05, 0) is 56.7 Å². The molecule has 3 atom stereocenters. The van der Waals surface area contributed by atoms with Crippen molar-refractivity contribution in [3.63, 3.8) is 0 Å². The zero-order chi connectivity index (χ0) is 36.1. The summed E-state index contributed by atoms with van der Waals surface area (Å²) in [7, 11) is 0. The topological polar surface area (TPSA) is 146 Å². The minimum absolute atomic E-state index is 0.0285. The molecule has 1 heterocycles. The maximum absolute atomic E-state index is 14.5. The normalized spacial score (nSPS) is 17.1. The van der Waals surface area contributed by atoms with Gasteiger partial charge in [-0.25, -0.2) is 9.69 Å². The third-order valence-electron chi connectivity index (χ3n) is 8.18. The van der Waals surface area contributed by atoms with Gasteiger partial charge in [0.2, 0.25) is 5.91 Å². The molecule has 0 aliphatic carbocycles. The van der Waals surface area contributed by atoms with E-state index < -0.39 is 47.4 Å². The van der Waals surface area contributed by atoms with Crippen molar-refractivity contribution >= 4 is 35.1 Å². The number of aliphatic hydroxyl groups is 1. The minimum Gasteiger partial charge on any atom is -0.453 e. The number of aryl methyl sites for hydroxylation is 1. The van der Waals surface area contributed by atoms with Crippen LogP contribution in [0.2, 0.25) is 0 Å². The number of cyclic esters (lactones) is 1. The van der Waals surface area contributed by atoms with Crippen LogP contribution in [0.1, 0.15) is 64.2 Å². The van der Waals surface area contributed by atoms with Crippen molar-refractivity contribution in [2.75, 3.05) is 33.0 Å². The quantitative estimate of drug-likeness (QED) is 0.124. The summed E-state index contributed by atoms with van der Waals surface area (Å²) in [5.41, 5.74) is 1.14. The summed E-state index contributed by atoms with van der Waals surface area (Å²) in [5.74, 6) is -4.11. The number of nitrogens with zero attached hydrogens (tertiary/aromatic N) is 1. The van der Waals surface area contributed by atoms with Gasteiger partial charge in [0.25, 0.3) is 0 Å². The van der Waals surface area contributed by atoms with Gasteiger partial charge < -0.3 is 24.1 Å². The molecule has 11 heteroatoms. The summed E-state index contributed by atoms with van der Waals surface area (Å²) < 4.78 is 21.9. The van der Waals surface area contributed by atoms with Gasteiger partial charge >= 0.3 is 12.1 Å². The number of Topliss-reactive ketones (excluding diaryl/α,β-unsaturated/α-hetero) is 1. The highest BCUT2D eigenvalue weighted by Gasteiger charge is 2.54. The number of benzene rings is 2. The summed E-state index contributed by atoms with van der Waals surface area (Å²) in [5, 5.41) is 8.81. The van der Waals surface area contributed by atoms with Crippen molar-refractivity contribution < 1.29 is 48.0 Å². The molecule has 3 rings (SSSR count). The second-order valence-corrected chi connectivity index (χ2v) is 13.0. The van der Waals surface area contributed by atoms with Gasteiger partial charge in [0.1, 0.15) is 5.60 Å². The Kier molecular flexibility index (Phi) is 14.9. The van der Waals surface area contributed by atoms with E-state index >= 15 is 0 Å². The van der Waals surface area contributed by atoms with Gasteiger partial charge in [0.05, 0.1) is 38.4 Å². The van der Waals surface area contributed by atoms with Crippen molar-refractivity contribution in [3.8, 4) is 0 Å². The van der Waals surface area contributed by atoms with E-state index in [1.807, 2.05) is 32.9 Å². The smallest absolute Gasteiger partial charge is 0.417 e. The lowest BCUT2D eigenvalue weighted by molar-refractivity contribution is -0.159. The molecule has 2 aromatic rings. The van der Waals surface area contributed by atoms with Crippen molar-refractivity contribution in [3.05, 3.63) is 77.4 Å². The van der Waals surface area contributed by atoms with Crippen LogP contribution in [0, 0.1) is 18.8 Å². The van der Waals surface area contributed by atoms with Crippen molar-refractivity contribution in [2.45, 2.75) is 78.6 Å². The summed E-state index contributed by atoms with van der Waals surface area (Å²) in [6.45, 7) is 11.2. The molecular weight excluding hydrogens is 630 g/mol. The lowest BCUT2D eigenvalue weighted by Crippen LogP contribution is -2.53. The molecule has 1 aliphatic rings. The maximum Gasteiger partial charge on any atom is 0.417 e. The molecule has 49 heavy (non-hydrogen) atoms. The molecule has 1 N–H and O–H groups in total. The minimum atomic E-state index is -1.65. The zero-order valence-corrected chi connectivity index (χ0v) is 29.3. The number of hydrogen-bond acceptors (Lipinski definition) is 10. The average Bonchev–Trinajstić information content (AvgIpc) is 3.30. The van der Waals surface area contributed by atoms with Gasteiger partial charge in [-0.15, -0.1) is 0 Å². The van der Waals surface area contributed by atoms with Gasteiger partial charge in [0, 0.05) is 25.5 Å². The molecule has 0 spiro atoms. The Balaban J connectivity index is 2.01. The molecule has 2 amide bonds. The Labute approximate surface area is 288 Å². The number of imide groups is 1. The first kappa shape index (κ1) is 39.3. The third kappa shape index (κ3) is 11.2. The number of ketones is 2. The van der Waals surface area contributed by atoms with Crippen LogP contribution in [-0.4, -0.2) is 90.3 Å². The Morgan fingerprint density at radius 2 is 1.65 bits per heavy atom. The summed E-state index contributed by atoms with van der Waals surface area (Å²) >= 11 is 0. The monoisotopic (exact) mass is 679 g/mol. The van der Waals surface area contributed by atoms with E-state index in [1.54, 1.807) is 56.3 Å². The molecule has 0 unspecified atom stereocenters. The largest absolute Gasteiger partial charge is 0.453 e. The number of carbonyl (C=O) groups excluding carboxylic acids is 5. The van der Waals surface area contributed by atoms with Gasteiger partial charge in [-0.3, -0.25) is 19.2 Å². The van der Waals surface area contributed by atoms with Crippen LogP contribution in [0.4, 0.5) is 4.79 Å². The molecule has 0 bridgehead atoms. The van der Waals surface area contributed by atoms with Crippen molar-refractivity contribution in [1.82, 2.24) is 4.90 Å². The predicted molar refractivity (Wildman–Crippen MR) is 182 cm³/mol. The molecule has 11 nitrogen and oxygen atoms in total. The molecule has 1 saturated heterocycles. The van der Waals surface area contributed by atoms with Gasteiger partial charge in [0.15, 0.2) is 17.7 Å². The average molecular weight is 680 g/mol. The molecule has 0 saturated carbocycles. The van der Waals surface area contributed by atoms with Crippen LogP contribution < -0.4 is 0 Å². The van der Waals surface area contributed by atoms with Gasteiger partial charge in [-0.2, -0.15) is 0 Å². The highest BCUT2D eigenvalue weighted by Crippen LogP contribution is 2.36. The van der Waals surface area contributed by atoms with E-state index in [2.05, 4.69) is 0 Å². The van der Waals surface area contributed by atoms with Crippen LogP contribution in [0.3, 0.4) is 0 Å². The van der Waals surface area contributed by atoms with E-state index in [1.165, 1.54) is 0 Å². The molecule has 0 radical (unpaired) electrons. The van der Waals surface area contributed by atoms with E-state index in [0.29, 0.717) is 30.8 Å². The lowest BCUT2D eigenvalue weighted by atomic mass is 9.85. The summed E-state index contributed by atoms with van der Waals surface area (Å²) in [4.78, 5) is 69.2. The Morgan fingerprint density at radius 1 is 0.980 bits per heavy atom. The first-order valence-corrected chi connectivity index (χ1v) is 16.7. The number of hydrogen-bond donors (Lipinski definition) is 1.